The van der Waals surface area contributed by atoms with Crippen molar-refractivity contribution in [3.8, 4) is 22.8 Å². The monoisotopic (exact) mass is 530 g/mol. The second kappa shape index (κ2) is 10.9. The number of benzene rings is 4. The van der Waals surface area contributed by atoms with E-state index in [1.807, 2.05) is 46.9 Å². The molecule has 0 bridgehead atoms. The van der Waals surface area contributed by atoms with Gasteiger partial charge in [0, 0.05) is 49.7 Å². The van der Waals surface area contributed by atoms with Crippen LogP contribution in [0.15, 0.2) is 91.1 Å². The lowest BCUT2D eigenvalue weighted by molar-refractivity contribution is 0.0741. The number of nitrogens with zero attached hydrogens (tertiary/aromatic N) is 4. The zero-order valence-electron chi connectivity index (χ0n) is 23.3. The van der Waals surface area contributed by atoms with E-state index in [-0.39, 0.29) is 5.91 Å². The molecule has 0 spiro atoms. The molecule has 2 heterocycles. The molecule has 5 aromatic rings. The maximum atomic E-state index is 13.7. The van der Waals surface area contributed by atoms with Crippen LogP contribution in [-0.2, 0) is 0 Å². The summed E-state index contributed by atoms with van der Waals surface area (Å²) in [5, 5.41) is 2.53. The van der Waals surface area contributed by atoms with Crippen LogP contribution in [0.2, 0.25) is 0 Å². The number of amides is 1. The first-order valence-electron chi connectivity index (χ1n) is 13.9. The van der Waals surface area contributed by atoms with Gasteiger partial charge in [-0.05, 0) is 61.4 Å². The van der Waals surface area contributed by atoms with Crippen molar-refractivity contribution in [2.24, 2.45) is 0 Å². The topological polar surface area (TPSA) is 50.6 Å². The van der Waals surface area contributed by atoms with E-state index in [0.717, 1.165) is 35.9 Å². The van der Waals surface area contributed by atoms with Crippen molar-refractivity contribution in [3.05, 3.63) is 108 Å². The van der Waals surface area contributed by atoms with E-state index < -0.39 is 0 Å². The number of fused-ring (bicyclic) bond motifs is 1. The fraction of sp³-hybridized carbons (Fsp3) is 0.235. The number of hydrogen-bond acceptors (Lipinski definition) is 4. The van der Waals surface area contributed by atoms with Gasteiger partial charge in [0.05, 0.1) is 12.3 Å². The molecule has 0 saturated carbocycles. The highest BCUT2D eigenvalue weighted by molar-refractivity contribution is 5.93. The van der Waals surface area contributed by atoms with Crippen molar-refractivity contribution in [2.75, 3.05) is 37.7 Å². The van der Waals surface area contributed by atoms with Gasteiger partial charge < -0.3 is 14.5 Å². The van der Waals surface area contributed by atoms with Crippen molar-refractivity contribution >= 4 is 22.4 Å². The molecule has 1 fully saturated rings. The SMILES string of the molecule is CCOc1cccc(-n2cc(C(=O)N3CCN(c4cc(C)c5ccccc5c4)CC3)nc2-c2ccc(C)cc2)c1. The molecule has 6 rings (SSSR count). The first-order chi connectivity index (χ1) is 19.5. The zero-order valence-corrected chi connectivity index (χ0v) is 23.3. The van der Waals surface area contributed by atoms with Gasteiger partial charge in [0.2, 0.25) is 0 Å². The highest BCUT2D eigenvalue weighted by atomic mass is 16.5. The predicted molar refractivity (Wildman–Crippen MR) is 162 cm³/mol. The number of anilines is 1. The lowest BCUT2D eigenvalue weighted by Crippen LogP contribution is -2.48. The molecule has 6 nitrogen and oxygen atoms in total. The van der Waals surface area contributed by atoms with Crippen LogP contribution in [0.3, 0.4) is 0 Å². The summed E-state index contributed by atoms with van der Waals surface area (Å²) in [5.74, 6) is 1.49. The first kappa shape index (κ1) is 25.7. The number of imidazole rings is 1. The Morgan fingerprint density at radius 3 is 2.40 bits per heavy atom. The summed E-state index contributed by atoms with van der Waals surface area (Å²) in [4.78, 5) is 22.9. The number of carbonyl (C=O) groups is 1. The largest absolute Gasteiger partial charge is 0.494 e. The van der Waals surface area contributed by atoms with Gasteiger partial charge in [-0.25, -0.2) is 4.98 Å². The zero-order chi connectivity index (χ0) is 27.6. The van der Waals surface area contributed by atoms with Crippen molar-refractivity contribution in [3.63, 3.8) is 0 Å². The standard InChI is InChI=1S/C34H34N4O2/c1-4-40-30-10-7-9-28(22-30)38-23-32(35-33(38)26-14-12-24(2)13-15-26)34(39)37-18-16-36(17-19-37)29-20-25(3)31-11-6-5-8-27(31)21-29/h5-15,20-23H,4,16-19H2,1-3H3. The minimum atomic E-state index is -0.0394. The minimum Gasteiger partial charge on any atom is -0.494 e. The van der Waals surface area contributed by atoms with E-state index in [4.69, 9.17) is 9.72 Å². The fourth-order valence-electron chi connectivity index (χ4n) is 5.47. The molecule has 6 heteroatoms. The fourth-order valence-corrected chi connectivity index (χ4v) is 5.47. The van der Waals surface area contributed by atoms with Crippen LogP contribution in [0.5, 0.6) is 5.75 Å². The molecule has 1 aliphatic rings. The van der Waals surface area contributed by atoms with Crippen molar-refractivity contribution in [1.82, 2.24) is 14.5 Å². The van der Waals surface area contributed by atoms with Gasteiger partial charge in [-0.3, -0.25) is 9.36 Å². The van der Waals surface area contributed by atoms with Crippen LogP contribution >= 0.6 is 0 Å². The molecule has 1 saturated heterocycles. The molecule has 0 unspecified atom stereocenters. The molecule has 0 aliphatic carbocycles. The van der Waals surface area contributed by atoms with Gasteiger partial charge in [-0.2, -0.15) is 0 Å². The number of rotatable bonds is 6. The number of aromatic nitrogens is 2. The molecular weight excluding hydrogens is 496 g/mol. The number of piperazine rings is 1. The normalized spacial score (nSPS) is 13.6. The average molecular weight is 531 g/mol. The maximum absolute atomic E-state index is 13.7. The third kappa shape index (κ3) is 5.05. The van der Waals surface area contributed by atoms with Crippen LogP contribution in [0.1, 0.15) is 28.5 Å². The minimum absolute atomic E-state index is 0.0394. The van der Waals surface area contributed by atoms with Crippen molar-refractivity contribution < 1.29 is 9.53 Å². The van der Waals surface area contributed by atoms with Crippen LogP contribution in [-0.4, -0.2) is 53.1 Å². The summed E-state index contributed by atoms with van der Waals surface area (Å²) in [6.07, 6.45) is 1.86. The van der Waals surface area contributed by atoms with E-state index in [1.54, 1.807) is 0 Å². The van der Waals surface area contributed by atoms with E-state index in [9.17, 15) is 4.79 Å². The highest BCUT2D eigenvalue weighted by Gasteiger charge is 2.26. The van der Waals surface area contributed by atoms with Crippen LogP contribution in [0.4, 0.5) is 5.69 Å². The summed E-state index contributed by atoms with van der Waals surface area (Å²) in [7, 11) is 0. The van der Waals surface area contributed by atoms with Crippen molar-refractivity contribution in [1.29, 1.82) is 0 Å². The van der Waals surface area contributed by atoms with Gasteiger partial charge in [0.25, 0.3) is 5.91 Å². The Morgan fingerprint density at radius 2 is 1.62 bits per heavy atom. The van der Waals surface area contributed by atoms with Gasteiger partial charge in [0.1, 0.15) is 17.3 Å². The number of ether oxygens (including phenoxy) is 1. The van der Waals surface area contributed by atoms with Crippen LogP contribution in [0, 0.1) is 13.8 Å². The highest BCUT2D eigenvalue weighted by Crippen LogP contribution is 2.29. The number of carbonyl (C=O) groups excluding carboxylic acids is 1. The quantitative estimate of drug-likeness (QED) is 0.246. The smallest absolute Gasteiger partial charge is 0.274 e. The van der Waals surface area contributed by atoms with Gasteiger partial charge in [-0.1, -0.05) is 60.2 Å². The summed E-state index contributed by atoms with van der Waals surface area (Å²) in [6, 6.07) is 29.2. The Kier molecular flexibility index (Phi) is 6.99. The summed E-state index contributed by atoms with van der Waals surface area (Å²) in [6.45, 7) is 9.66. The number of aryl methyl sites for hydroxylation is 2. The van der Waals surface area contributed by atoms with Gasteiger partial charge in [-0.15, -0.1) is 0 Å². The average Bonchev–Trinajstić information content (AvgIpc) is 3.43. The molecule has 1 aliphatic heterocycles. The Balaban J connectivity index is 1.26. The molecule has 4 aromatic carbocycles. The van der Waals surface area contributed by atoms with E-state index >= 15 is 0 Å². The van der Waals surface area contributed by atoms with Crippen molar-refractivity contribution in [2.45, 2.75) is 20.8 Å². The Hall–Kier alpha value is -4.58. The Labute approximate surface area is 235 Å². The molecule has 202 valence electrons. The van der Waals surface area contributed by atoms with E-state index in [0.29, 0.717) is 25.4 Å². The molecule has 0 N–H and O–H groups in total. The third-order valence-corrected chi connectivity index (χ3v) is 7.63. The third-order valence-electron chi connectivity index (χ3n) is 7.63. The first-order valence-corrected chi connectivity index (χ1v) is 13.9. The molecule has 40 heavy (non-hydrogen) atoms. The molecule has 0 atom stereocenters. The second-order valence-electron chi connectivity index (χ2n) is 10.4. The van der Waals surface area contributed by atoms with Gasteiger partial charge in [0.15, 0.2) is 0 Å². The lowest BCUT2D eigenvalue weighted by Gasteiger charge is -2.36. The predicted octanol–water partition coefficient (Wildman–Crippen LogP) is 6.67. The second-order valence-corrected chi connectivity index (χ2v) is 10.4. The van der Waals surface area contributed by atoms with E-state index in [2.05, 4.69) is 79.4 Å². The summed E-state index contributed by atoms with van der Waals surface area (Å²) < 4.78 is 7.74. The maximum Gasteiger partial charge on any atom is 0.274 e. The molecular formula is C34H34N4O2. The van der Waals surface area contributed by atoms with Crippen LogP contribution in [0.25, 0.3) is 27.8 Å². The summed E-state index contributed by atoms with van der Waals surface area (Å²) in [5.41, 5.74) is 5.98. The van der Waals surface area contributed by atoms with Crippen LogP contribution < -0.4 is 9.64 Å². The number of hydrogen-bond donors (Lipinski definition) is 0. The molecule has 1 aromatic heterocycles. The lowest BCUT2D eigenvalue weighted by atomic mass is 10.0. The Morgan fingerprint density at radius 1 is 0.850 bits per heavy atom. The molecule has 1 amide bonds. The van der Waals surface area contributed by atoms with E-state index in [1.165, 1.54) is 27.6 Å². The Bertz CT molecular complexity index is 1660. The van der Waals surface area contributed by atoms with Gasteiger partial charge >= 0.3 is 0 Å². The summed E-state index contributed by atoms with van der Waals surface area (Å²) >= 11 is 0. The molecule has 0 radical (unpaired) electrons.